The SMILES string of the molecule is CCCN(CC(O)CN1CCOCC1)CC1CC1. The van der Waals surface area contributed by atoms with Crippen LogP contribution in [0.5, 0.6) is 0 Å². The first-order valence-electron chi connectivity index (χ1n) is 7.48. The van der Waals surface area contributed by atoms with Crippen molar-refractivity contribution in [3.05, 3.63) is 0 Å². The molecule has 0 aromatic heterocycles. The van der Waals surface area contributed by atoms with Gasteiger partial charge in [0.25, 0.3) is 0 Å². The van der Waals surface area contributed by atoms with Crippen LogP contribution in [0.15, 0.2) is 0 Å². The molecule has 18 heavy (non-hydrogen) atoms. The number of hydrogen-bond donors (Lipinski definition) is 1. The van der Waals surface area contributed by atoms with Gasteiger partial charge in [0.15, 0.2) is 0 Å². The molecule has 1 unspecified atom stereocenters. The smallest absolute Gasteiger partial charge is 0.0793 e. The van der Waals surface area contributed by atoms with Gasteiger partial charge >= 0.3 is 0 Å². The highest BCUT2D eigenvalue weighted by atomic mass is 16.5. The number of aliphatic hydroxyl groups is 1. The number of β-amino-alcohol motifs (C(OH)–C–C–N with tert-alkyl or cyclic N) is 1. The molecule has 0 spiro atoms. The van der Waals surface area contributed by atoms with Crippen LogP contribution >= 0.6 is 0 Å². The van der Waals surface area contributed by atoms with E-state index in [2.05, 4.69) is 16.7 Å². The summed E-state index contributed by atoms with van der Waals surface area (Å²) in [6.45, 7) is 9.72. The normalized spacial score (nSPS) is 23.5. The Kier molecular flexibility index (Phi) is 5.89. The Morgan fingerprint density at radius 2 is 2.06 bits per heavy atom. The van der Waals surface area contributed by atoms with Crippen molar-refractivity contribution in [3.8, 4) is 0 Å². The van der Waals surface area contributed by atoms with Crippen molar-refractivity contribution in [3.63, 3.8) is 0 Å². The molecule has 1 atom stereocenters. The van der Waals surface area contributed by atoms with Crippen LogP contribution in [0.25, 0.3) is 0 Å². The maximum Gasteiger partial charge on any atom is 0.0793 e. The highest BCUT2D eigenvalue weighted by Crippen LogP contribution is 2.29. The first-order chi connectivity index (χ1) is 8.78. The summed E-state index contributed by atoms with van der Waals surface area (Å²) in [5.74, 6) is 0.909. The van der Waals surface area contributed by atoms with E-state index < -0.39 is 0 Å². The molecule has 0 aromatic rings. The molecule has 0 bridgehead atoms. The largest absolute Gasteiger partial charge is 0.390 e. The molecule has 106 valence electrons. The summed E-state index contributed by atoms with van der Waals surface area (Å²) < 4.78 is 5.33. The fourth-order valence-corrected chi connectivity index (χ4v) is 2.68. The summed E-state index contributed by atoms with van der Waals surface area (Å²) in [6, 6.07) is 0. The standard InChI is InChI=1S/C14H28N2O2/c1-2-5-16(10-13-3-4-13)12-14(17)11-15-6-8-18-9-7-15/h13-14,17H,2-12H2,1H3. The van der Waals surface area contributed by atoms with Gasteiger partial charge in [-0.2, -0.15) is 0 Å². The van der Waals surface area contributed by atoms with Gasteiger partial charge in [-0.3, -0.25) is 4.90 Å². The average Bonchev–Trinajstić information content (AvgIpc) is 3.14. The van der Waals surface area contributed by atoms with Gasteiger partial charge < -0.3 is 14.7 Å². The minimum atomic E-state index is -0.214. The minimum absolute atomic E-state index is 0.214. The molecule has 1 saturated heterocycles. The van der Waals surface area contributed by atoms with Crippen LogP contribution < -0.4 is 0 Å². The van der Waals surface area contributed by atoms with Gasteiger partial charge in [-0.05, 0) is 31.7 Å². The molecule has 4 nitrogen and oxygen atoms in total. The van der Waals surface area contributed by atoms with Gasteiger partial charge in [-0.1, -0.05) is 6.92 Å². The van der Waals surface area contributed by atoms with Crippen LogP contribution in [0, 0.1) is 5.92 Å². The molecule has 1 aliphatic heterocycles. The van der Waals surface area contributed by atoms with Crippen molar-refractivity contribution in [2.75, 3.05) is 52.5 Å². The summed E-state index contributed by atoms with van der Waals surface area (Å²) in [5, 5.41) is 10.2. The Labute approximate surface area is 111 Å². The molecule has 4 heteroatoms. The third kappa shape index (κ3) is 5.22. The highest BCUT2D eigenvalue weighted by molar-refractivity contribution is 4.79. The minimum Gasteiger partial charge on any atom is -0.390 e. The molecular formula is C14H28N2O2. The van der Waals surface area contributed by atoms with E-state index in [1.807, 2.05) is 0 Å². The fourth-order valence-electron chi connectivity index (χ4n) is 2.68. The first-order valence-corrected chi connectivity index (χ1v) is 7.48. The monoisotopic (exact) mass is 256 g/mol. The summed E-state index contributed by atoms with van der Waals surface area (Å²) in [4.78, 5) is 4.76. The van der Waals surface area contributed by atoms with E-state index in [0.717, 1.165) is 51.9 Å². The topological polar surface area (TPSA) is 35.9 Å². The maximum absolute atomic E-state index is 10.2. The second kappa shape index (κ2) is 7.43. The van der Waals surface area contributed by atoms with Crippen molar-refractivity contribution in [2.45, 2.75) is 32.3 Å². The van der Waals surface area contributed by atoms with Gasteiger partial charge in [-0.15, -0.1) is 0 Å². The van der Waals surface area contributed by atoms with Crippen LogP contribution in [0.3, 0.4) is 0 Å². The van der Waals surface area contributed by atoms with Crippen LogP contribution in [-0.4, -0.2) is 73.5 Å². The van der Waals surface area contributed by atoms with Gasteiger partial charge in [0.05, 0.1) is 19.3 Å². The lowest BCUT2D eigenvalue weighted by Crippen LogP contribution is -2.45. The maximum atomic E-state index is 10.2. The van der Waals surface area contributed by atoms with Crippen molar-refractivity contribution >= 4 is 0 Å². The quantitative estimate of drug-likeness (QED) is 0.697. The van der Waals surface area contributed by atoms with Crippen LogP contribution in [0.2, 0.25) is 0 Å². The molecule has 1 saturated carbocycles. The van der Waals surface area contributed by atoms with E-state index in [9.17, 15) is 5.11 Å². The lowest BCUT2D eigenvalue weighted by molar-refractivity contribution is 0.00659. The number of morpholine rings is 1. The van der Waals surface area contributed by atoms with Crippen LogP contribution in [0.1, 0.15) is 26.2 Å². The first kappa shape index (κ1) is 14.3. The third-order valence-electron chi connectivity index (χ3n) is 3.79. The zero-order valence-corrected chi connectivity index (χ0v) is 11.7. The molecule has 2 fully saturated rings. The number of ether oxygens (including phenoxy) is 1. The van der Waals surface area contributed by atoms with Gasteiger partial charge in [0, 0.05) is 32.7 Å². The molecule has 1 heterocycles. The zero-order chi connectivity index (χ0) is 12.8. The summed E-state index contributed by atoms with van der Waals surface area (Å²) in [5.41, 5.74) is 0. The number of aliphatic hydroxyl groups excluding tert-OH is 1. The summed E-state index contributed by atoms with van der Waals surface area (Å²) in [6.07, 6.45) is 3.74. The Balaban J connectivity index is 1.67. The summed E-state index contributed by atoms with van der Waals surface area (Å²) in [7, 11) is 0. The molecule has 2 rings (SSSR count). The van der Waals surface area contributed by atoms with Crippen molar-refractivity contribution in [1.82, 2.24) is 9.80 Å². The molecule has 0 radical (unpaired) electrons. The van der Waals surface area contributed by atoms with Crippen molar-refractivity contribution in [1.29, 1.82) is 0 Å². The molecule has 0 amide bonds. The van der Waals surface area contributed by atoms with Crippen molar-refractivity contribution < 1.29 is 9.84 Å². The van der Waals surface area contributed by atoms with Gasteiger partial charge in [0.1, 0.15) is 0 Å². The van der Waals surface area contributed by atoms with E-state index in [1.165, 1.54) is 25.8 Å². The number of nitrogens with zero attached hydrogens (tertiary/aromatic N) is 2. The average molecular weight is 256 g/mol. The van der Waals surface area contributed by atoms with Gasteiger partial charge in [-0.25, -0.2) is 0 Å². The predicted molar refractivity (Wildman–Crippen MR) is 72.7 cm³/mol. The Morgan fingerprint density at radius 1 is 1.33 bits per heavy atom. The van der Waals surface area contributed by atoms with E-state index in [4.69, 9.17) is 4.74 Å². The van der Waals surface area contributed by atoms with Crippen LogP contribution in [-0.2, 0) is 4.74 Å². The van der Waals surface area contributed by atoms with E-state index in [1.54, 1.807) is 0 Å². The number of rotatable bonds is 8. The third-order valence-corrected chi connectivity index (χ3v) is 3.79. The lowest BCUT2D eigenvalue weighted by Gasteiger charge is -2.31. The zero-order valence-electron chi connectivity index (χ0n) is 11.7. The van der Waals surface area contributed by atoms with Crippen LogP contribution in [0.4, 0.5) is 0 Å². The lowest BCUT2D eigenvalue weighted by atomic mass is 10.2. The predicted octanol–water partition coefficient (Wildman–Crippen LogP) is 0.802. The highest BCUT2D eigenvalue weighted by Gasteiger charge is 2.25. The second-order valence-corrected chi connectivity index (χ2v) is 5.77. The molecular weight excluding hydrogens is 228 g/mol. The Morgan fingerprint density at radius 3 is 2.67 bits per heavy atom. The fraction of sp³-hybridized carbons (Fsp3) is 1.00. The van der Waals surface area contributed by atoms with Gasteiger partial charge in [0.2, 0.25) is 0 Å². The molecule has 0 aromatic carbocycles. The Bertz CT molecular complexity index is 228. The van der Waals surface area contributed by atoms with E-state index >= 15 is 0 Å². The molecule has 1 aliphatic carbocycles. The Hall–Kier alpha value is -0.160. The molecule has 2 aliphatic rings. The number of hydrogen-bond acceptors (Lipinski definition) is 4. The van der Waals surface area contributed by atoms with E-state index in [0.29, 0.717) is 0 Å². The van der Waals surface area contributed by atoms with E-state index in [-0.39, 0.29) is 6.10 Å². The molecule has 1 N–H and O–H groups in total. The second-order valence-electron chi connectivity index (χ2n) is 5.77. The summed E-state index contributed by atoms with van der Waals surface area (Å²) >= 11 is 0. The van der Waals surface area contributed by atoms with Crippen molar-refractivity contribution in [2.24, 2.45) is 5.92 Å².